The highest BCUT2D eigenvalue weighted by Gasteiger charge is 2.26. The van der Waals surface area contributed by atoms with Gasteiger partial charge >= 0.3 is 0 Å². The molecular formula is C16H14N6OS. The van der Waals surface area contributed by atoms with Gasteiger partial charge in [0.05, 0.1) is 11.3 Å². The van der Waals surface area contributed by atoms with E-state index in [1.807, 2.05) is 17.5 Å². The van der Waals surface area contributed by atoms with Crippen molar-refractivity contribution in [2.75, 3.05) is 0 Å². The van der Waals surface area contributed by atoms with E-state index < -0.39 is 0 Å². The molecule has 0 amide bonds. The molecule has 0 bridgehead atoms. The Hall–Kier alpha value is -2.61. The van der Waals surface area contributed by atoms with Crippen LogP contribution in [0, 0.1) is 13.8 Å². The maximum absolute atomic E-state index is 5.42. The first-order chi connectivity index (χ1) is 11.7. The Bertz CT molecular complexity index is 1040. The maximum Gasteiger partial charge on any atom is 0.261 e. The van der Waals surface area contributed by atoms with Crippen LogP contribution in [0.15, 0.2) is 23.1 Å². The SMILES string of the molecule is Cc1cn2c(-c3noc(-c4cnc(C5CC5)nc4)n3)c(C)nc2s1. The first kappa shape index (κ1) is 13.8. The summed E-state index contributed by atoms with van der Waals surface area (Å²) in [5, 5.41) is 4.13. The summed E-state index contributed by atoms with van der Waals surface area (Å²) in [5.41, 5.74) is 2.48. The van der Waals surface area contributed by atoms with Crippen LogP contribution < -0.4 is 0 Å². The Morgan fingerprint density at radius 2 is 1.96 bits per heavy atom. The molecule has 1 saturated carbocycles. The predicted octanol–water partition coefficient (Wildman–Crippen LogP) is 3.40. The number of nitrogens with zero attached hydrogens (tertiary/aromatic N) is 6. The summed E-state index contributed by atoms with van der Waals surface area (Å²) in [6.07, 6.45) is 7.91. The Balaban J connectivity index is 1.54. The largest absolute Gasteiger partial charge is 0.333 e. The second-order valence-corrected chi connectivity index (χ2v) is 7.28. The van der Waals surface area contributed by atoms with Crippen LogP contribution in [-0.4, -0.2) is 29.5 Å². The van der Waals surface area contributed by atoms with Crippen LogP contribution in [0.4, 0.5) is 0 Å². The van der Waals surface area contributed by atoms with Crippen LogP contribution >= 0.6 is 11.3 Å². The molecule has 0 aliphatic heterocycles. The quantitative estimate of drug-likeness (QED) is 0.569. The first-order valence-electron chi connectivity index (χ1n) is 7.80. The minimum Gasteiger partial charge on any atom is -0.333 e. The third kappa shape index (κ3) is 2.14. The van der Waals surface area contributed by atoms with Gasteiger partial charge < -0.3 is 4.52 Å². The van der Waals surface area contributed by atoms with Crippen molar-refractivity contribution in [3.8, 4) is 23.0 Å². The van der Waals surface area contributed by atoms with Crippen molar-refractivity contribution in [2.45, 2.75) is 32.6 Å². The third-order valence-electron chi connectivity index (χ3n) is 4.12. The lowest BCUT2D eigenvalue weighted by Gasteiger charge is -1.96. The average molecular weight is 338 g/mol. The molecule has 4 aromatic heterocycles. The third-order valence-corrected chi connectivity index (χ3v) is 5.01. The fourth-order valence-corrected chi connectivity index (χ4v) is 3.64. The van der Waals surface area contributed by atoms with Gasteiger partial charge in [0, 0.05) is 29.4 Å². The van der Waals surface area contributed by atoms with Crippen molar-refractivity contribution < 1.29 is 4.52 Å². The molecule has 8 heteroatoms. The minimum atomic E-state index is 0.425. The van der Waals surface area contributed by atoms with Crippen molar-refractivity contribution in [1.82, 2.24) is 29.5 Å². The van der Waals surface area contributed by atoms with Gasteiger partial charge in [0.15, 0.2) is 4.96 Å². The van der Waals surface area contributed by atoms with Gasteiger partial charge in [0.2, 0.25) is 5.82 Å². The Labute approximate surface area is 141 Å². The van der Waals surface area contributed by atoms with Crippen LogP contribution in [0.2, 0.25) is 0 Å². The highest BCUT2D eigenvalue weighted by Crippen LogP contribution is 2.38. The molecule has 0 radical (unpaired) electrons. The molecule has 120 valence electrons. The molecule has 0 atom stereocenters. The zero-order chi connectivity index (χ0) is 16.3. The molecule has 0 spiro atoms. The molecule has 1 aliphatic rings. The molecule has 0 saturated heterocycles. The van der Waals surface area contributed by atoms with Gasteiger partial charge in [-0.2, -0.15) is 4.98 Å². The van der Waals surface area contributed by atoms with Gasteiger partial charge in [0.1, 0.15) is 11.5 Å². The molecule has 4 aromatic rings. The molecule has 4 heterocycles. The van der Waals surface area contributed by atoms with Crippen LogP contribution in [0.3, 0.4) is 0 Å². The smallest absolute Gasteiger partial charge is 0.261 e. The maximum atomic E-state index is 5.42. The van der Waals surface area contributed by atoms with E-state index in [-0.39, 0.29) is 0 Å². The van der Waals surface area contributed by atoms with Crippen molar-refractivity contribution in [1.29, 1.82) is 0 Å². The van der Waals surface area contributed by atoms with Gasteiger partial charge in [-0.15, -0.1) is 11.3 Å². The fraction of sp³-hybridized carbons (Fsp3) is 0.312. The van der Waals surface area contributed by atoms with Gasteiger partial charge in [-0.3, -0.25) is 4.40 Å². The van der Waals surface area contributed by atoms with Crippen LogP contribution in [0.5, 0.6) is 0 Å². The lowest BCUT2D eigenvalue weighted by molar-refractivity contribution is 0.431. The standard InChI is InChI=1S/C16H14N6OS/c1-8-7-22-12(9(2)19-16(22)24-8)14-20-15(23-21-14)11-5-17-13(18-6-11)10-3-4-10/h5-7,10H,3-4H2,1-2H3. The normalized spacial score (nSPS) is 14.6. The number of hydrogen-bond acceptors (Lipinski definition) is 7. The average Bonchev–Trinajstić information content (AvgIpc) is 3.10. The van der Waals surface area contributed by atoms with Crippen LogP contribution in [0.25, 0.3) is 27.9 Å². The second-order valence-electron chi connectivity index (χ2n) is 6.07. The van der Waals surface area contributed by atoms with Gasteiger partial charge in [0.25, 0.3) is 5.89 Å². The molecule has 5 rings (SSSR count). The van der Waals surface area contributed by atoms with Crippen molar-refractivity contribution in [2.24, 2.45) is 0 Å². The fourth-order valence-electron chi connectivity index (χ4n) is 2.77. The second kappa shape index (κ2) is 4.94. The predicted molar refractivity (Wildman–Crippen MR) is 88.8 cm³/mol. The number of aryl methyl sites for hydroxylation is 2. The molecule has 24 heavy (non-hydrogen) atoms. The van der Waals surface area contributed by atoms with E-state index in [4.69, 9.17) is 4.52 Å². The minimum absolute atomic E-state index is 0.425. The molecule has 0 unspecified atom stereocenters. The van der Waals surface area contributed by atoms with E-state index in [0.29, 0.717) is 17.6 Å². The summed E-state index contributed by atoms with van der Waals surface area (Å²) in [7, 11) is 0. The summed E-state index contributed by atoms with van der Waals surface area (Å²) >= 11 is 1.64. The van der Waals surface area contributed by atoms with Crippen molar-refractivity contribution in [3.63, 3.8) is 0 Å². The highest BCUT2D eigenvalue weighted by molar-refractivity contribution is 7.17. The summed E-state index contributed by atoms with van der Waals surface area (Å²) < 4.78 is 7.43. The highest BCUT2D eigenvalue weighted by atomic mass is 32.1. The molecule has 1 fully saturated rings. The van der Waals surface area contributed by atoms with Gasteiger partial charge in [-0.05, 0) is 26.7 Å². The Morgan fingerprint density at radius 1 is 1.17 bits per heavy atom. The van der Waals surface area contributed by atoms with Gasteiger partial charge in [-0.25, -0.2) is 15.0 Å². The summed E-state index contributed by atoms with van der Waals surface area (Å²) in [6.45, 7) is 4.01. The number of thiazole rings is 1. The number of hydrogen-bond donors (Lipinski definition) is 0. The summed E-state index contributed by atoms with van der Waals surface area (Å²) in [5.74, 6) is 2.38. The van der Waals surface area contributed by atoms with E-state index in [2.05, 4.69) is 32.0 Å². The summed E-state index contributed by atoms with van der Waals surface area (Å²) in [4.78, 5) is 20.0. The van der Waals surface area contributed by atoms with E-state index in [1.165, 1.54) is 17.7 Å². The van der Waals surface area contributed by atoms with E-state index in [1.54, 1.807) is 23.7 Å². The van der Waals surface area contributed by atoms with E-state index in [0.717, 1.165) is 27.7 Å². The molecule has 7 nitrogen and oxygen atoms in total. The van der Waals surface area contributed by atoms with Crippen LogP contribution in [0.1, 0.15) is 35.2 Å². The number of imidazole rings is 1. The van der Waals surface area contributed by atoms with Crippen molar-refractivity contribution in [3.05, 3.63) is 35.0 Å². The first-order valence-corrected chi connectivity index (χ1v) is 8.62. The molecule has 1 aliphatic carbocycles. The number of rotatable bonds is 3. The van der Waals surface area contributed by atoms with Gasteiger partial charge in [-0.1, -0.05) is 5.16 Å². The molecular weight excluding hydrogens is 324 g/mol. The van der Waals surface area contributed by atoms with E-state index >= 15 is 0 Å². The summed E-state index contributed by atoms with van der Waals surface area (Å²) in [6, 6.07) is 0. The zero-order valence-corrected chi connectivity index (χ0v) is 14.0. The lowest BCUT2D eigenvalue weighted by atomic mass is 10.3. The Morgan fingerprint density at radius 3 is 2.71 bits per heavy atom. The van der Waals surface area contributed by atoms with Crippen molar-refractivity contribution >= 4 is 16.3 Å². The molecule has 0 aromatic carbocycles. The van der Waals surface area contributed by atoms with E-state index in [9.17, 15) is 0 Å². The Kier molecular flexibility index (Phi) is 2.84. The molecule has 0 N–H and O–H groups in total. The lowest BCUT2D eigenvalue weighted by Crippen LogP contribution is -1.92. The van der Waals surface area contributed by atoms with Crippen LogP contribution in [-0.2, 0) is 0 Å². The monoisotopic (exact) mass is 338 g/mol. The number of fused-ring (bicyclic) bond motifs is 1. The topological polar surface area (TPSA) is 82.0 Å². The number of aromatic nitrogens is 6. The zero-order valence-electron chi connectivity index (χ0n) is 13.2.